The maximum atomic E-state index is 13.0. The predicted molar refractivity (Wildman–Crippen MR) is 72.6 cm³/mol. The lowest BCUT2D eigenvalue weighted by Gasteiger charge is -2.19. The molecular weight excluding hydrogens is 285 g/mol. The third-order valence-electron chi connectivity index (χ3n) is 2.68. The maximum Gasteiger partial charge on any atom is 0.419 e. The van der Waals surface area contributed by atoms with Crippen molar-refractivity contribution in [3.8, 4) is 5.75 Å². The van der Waals surface area contributed by atoms with Gasteiger partial charge in [-0.3, -0.25) is 4.79 Å². The van der Waals surface area contributed by atoms with Crippen LogP contribution >= 0.6 is 0 Å². The van der Waals surface area contributed by atoms with Crippen molar-refractivity contribution in [2.45, 2.75) is 25.7 Å². The van der Waals surface area contributed by atoms with Gasteiger partial charge in [0.25, 0.3) is 5.91 Å². The SMILES string of the molecule is C=CCNC(=O)C(C)Oc1ccc(CN)cc1C(F)(F)F. The van der Waals surface area contributed by atoms with Crippen LogP contribution in [0.2, 0.25) is 0 Å². The molecule has 0 spiro atoms. The summed E-state index contributed by atoms with van der Waals surface area (Å²) in [5.74, 6) is -0.924. The van der Waals surface area contributed by atoms with E-state index in [1.807, 2.05) is 0 Å². The Labute approximate surface area is 120 Å². The van der Waals surface area contributed by atoms with Gasteiger partial charge in [0.1, 0.15) is 5.75 Å². The van der Waals surface area contributed by atoms with Gasteiger partial charge in [-0.05, 0) is 24.6 Å². The molecule has 0 aliphatic heterocycles. The predicted octanol–water partition coefficient (Wildman–Crippen LogP) is 2.23. The Bertz CT molecular complexity index is 515. The van der Waals surface area contributed by atoms with Gasteiger partial charge in [0, 0.05) is 13.1 Å². The van der Waals surface area contributed by atoms with Gasteiger partial charge in [-0.1, -0.05) is 12.1 Å². The third kappa shape index (κ3) is 4.78. The average Bonchev–Trinajstić information content (AvgIpc) is 2.43. The van der Waals surface area contributed by atoms with Crippen LogP contribution in [0.4, 0.5) is 13.2 Å². The first-order valence-electron chi connectivity index (χ1n) is 6.25. The molecule has 4 nitrogen and oxygen atoms in total. The number of carbonyl (C=O) groups is 1. The summed E-state index contributed by atoms with van der Waals surface area (Å²) in [7, 11) is 0. The number of alkyl halides is 3. The Morgan fingerprint density at radius 3 is 2.71 bits per heavy atom. The summed E-state index contributed by atoms with van der Waals surface area (Å²) >= 11 is 0. The summed E-state index contributed by atoms with van der Waals surface area (Å²) in [6.07, 6.45) is -4.19. The molecule has 0 bridgehead atoms. The number of ether oxygens (including phenoxy) is 1. The third-order valence-corrected chi connectivity index (χ3v) is 2.68. The standard InChI is InChI=1S/C14H17F3N2O2/c1-3-6-19-13(20)9(2)21-12-5-4-10(8-18)7-11(12)14(15,16)17/h3-5,7,9H,1,6,8,18H2,2H3,(H,19,20). The number of hydrogen-bond donors (Lipinski definition) is 2. The average molecular weight is 302 g/mol. The van der Waals surface area contributed by atoms with Gasteiger partial charge in [-0.15, -0.1) is 6.58 Å². The molecule has 116 valence electrons. The van der Waals surface area contributed by atoms with Gasteiger partial charge in [0.15, 0.2) is 6.10 Å². The van der Waals surface area contributed by atoms with E-state index in [1.54, 1.807) is 0 Å². The highest BCUT2D eigenvalue weighted by molar-refractivity contribution is 5.80. The molecule has 0 heterocycles. The van der Waals surface area contributed by atoms with Crippen LogP contribution in [0.15, 0.2) is 30.9 Å². The number of nitrogens with one attached hydrogen (secondary N) is 1. The summed E-state index contributed by atoms with van der Waals surface area (Å²) in [6, 6.07) is 3.52. The van der Waals surface area contributed by atoms with E-state index in [9.17, 15) is 18.0 Å². The Morgan fingerprint density at radius 2 is 2.19 bits per heavy atom. The molecule has 1 unspecified atom stereocenters. The van der Waals surface area contributed by atoms with E-state index >= 15 is 0 Å². The molecule has 0 saturated carbocycles. The van der Waals surface area contributed by atoms with Gasteiger partial charge in [-0.2, -0.15) is 13.2 Å². The second-order valence-corrected chi connectivity index (χ2v) is 4.33. The molecule has 1 aromatic carbocycles. The smallest absolute Gasteiger partial charge is 0.419 e. The second-order valence-electron chi connectivity index (χ2n) is 4.33. The van der Waals surface area contributed by atoms with Gasteiger partial charge in [-0.25, -0.2) is 0 Å². The molecule has 1 rings (SSSR count). The summed E-state index contributed by atoms with van der Waals surface area (Å²) in [4.78, 5) is 11.6. The van der Waals surface area contributed by atoms with Crippen molar-refractivity contribution in [2.24, 2.45) is 5.73 Å². The van der Waals surface area contributed by atoms with E-state index in [1.165, 1.54) is 25.1 Å². The number of carbonyl (C=O) groups excluding carboxylic acids is 1. The van der Waals surface area contributed by atoms with Crippen molar-refractivity contribution in [1.82, 2.24) is 5.32 Å². The molecule has 1 amide bonds. The topological polar surface area (TPSA) is 64.3 Å². The number of benzene rings is 1. The summed E-state index contributed by atoms with van der Waals surface area (Å²) in [6.45, 7) is 4.99. The van der Waals surface area contributed by atoms with Gasteiger partial charge < -0.3 is 15.8 Å². The van der Waals surface area contributed by atoms with Gasteiger partial charge in [0.2, 0.25) is 0 Å². The lowest BCUT2D eigenvalue weighted by atomic mass is 10.1. The molecule has 1 aromatic rings. The Kier molecular flexibility index (Phi) is 5.78. The highest BCUT2D eigenvalue weighted by Gasteiger charge is 2.35. The molecule has 7 heteroatoms. The molecule has 21 heavy (non-hydrogen) atoms. The molecule has 0 aliphatic carbocycles. The molecular formula is C14H17F3N2O2. The zero-order chi connectivity index (χ0) is 16.0. The fraction of sp³-hybridized carbons (Fsp3) is 0.357. The minimum atomic E-state index is -4.59. The van der Waals surface area contributed by atoms with Crippen LogP contribution < -0.4 is 15.8 Å². The normalized spacial score (nSPS) is 12.6. The fourth-order valence-corrected chi connectivity index (χ4v) is 1.59. The van der Waals surface area contributed by atoms with E-state index < -0.39 is 29.5 Å². The van der Waals surface area contributed by atoms with Gasteiger partial charge >= 0.3 is 6.18 Å². The summed E-state index contributed by atoms with van der Waals surface area (Å²) in [5.41, 5.74) is 4.72. The first kappa shape index (κ1) is 17.0. The van der Waals surface area contributed by atoms with Crippen LogP contribution in [0.25, 0.3) is 0 Å². The van der Waals surface area contributed by atoms with E-state index in [0.29, 0.717) is 5.56 Å². The van der Waals surface area contributed by atoms with E-state index in [2.05, 4.69) is 11.9 Å². The fourth-order valence-electron chi connectivity index (χ4n) is 1.59. The highest BCUT2D eigenvalue weighted by Crippen LogP contribution is 2.37. The van der Waals surface area contributed by atoms with Crippen molar-refractivity contribution in [2.75, 3.05) is 6.54 Å². The van der Waals surface area contributed by atoms with E-state index in [4.69, 9.17) is 10.5 Å². The zero-order valence-corrected chi connectivity index (χ0v) is 11.5. The van der Waals surface area contributed by atoms with Crippen molar-refractivity contribution in [1.29, 1.82) is 0 Å². The van der Waals surface area contributed by atoms with Crippen LogP contribution in [0.1, 0.15) is 18.1 Å². The number of amides is 1. The Hall–Kier alpha value is -2.02. The monoisotopic (exact) mass is 302 g/mol. The first-order chi connectivity index (χ1) is 9.79. The van der Waals surface area contributed by atoms with Crippen LogP contribution in [0.3, 0.4) is 0 Å². The number of hydrogen-bond acceptors (Lipinski definition) is 3. The summed E-state index contributed by atoms with van der Waals surface area (Å²) < 4.78 is 44.1. The maximum absolute atomic E-state index is 13.0. The highest BCUT2D eigenvalue weighted by atomic mass is 19.4. The lowest BCUT2D eigenvalue weighted by molar-refractivity contribution is -0.140. The molecule has 0 saturated heterocycles. The van der Waals surface area contributed by atoms with Crippen LogP contribution in [-0.2, 0) is 17.5 Å². The minimum absolute atomic E-state index is 0.0151. The van der Waals surface area contributed by atoms with Crippen molar-refractivity contribution < 1.29 is 22.7 Å². The minimum Gasteiger partial charge on any atom is -0.480 e. The van der Waals surface area contributed by atoms with Crippen LogP contribution in [0, 0.1) is 0 Å². The van der Waals surface area contributed by atoms with Crippen LogP contribution in [0.5, 0.6) is 5.75 Å². The number of halogens is 3. The number of nitrogens with two attached hydrogens (primary N) is 1. The lowest BCUT2D eigenvalue weighted by Crippen LogP contribution is -2.36. The molecule has 0 fully saturated rings. The van der Waals surface area contributed by atoms with Crippen LogP contribution in [-0.4, -0.2) is 18.6 Å². The van der Waals surface area contributed by atoms with Crippen molar-refractivity contribution in [3.05, 3.63) is 42.0 Å². The molecule has 1 atom stereocenters. The van der Waals surface area contributed by atoms with Crippen molar-refractivity contribution >= 4 is 5.91 Å². The Morgan fingerprint density at radius 1 is 1.52 bits per heavy atom. The first-order valence-corrected chi connectivity index (χ1v) is 6.25. The zero-order valence-electron chi connectivity index (χ0n) is 11.5. The van der Waals surface area contributed by atoms with Crippen molar-refractivity contribution in [3.63, 3.8) is 0 Å². The quantitative estimate of drug-likeness (QED) is 0.792. The van der Waals surface area contributed by atoms with Gasteiger partial charge in [0.05, 0.1) is 5.56 Å². The van der Waals surface area contributed by atoms with E-state index in [0.717, 1.165) is 6.07 Å². The molecule has 3 N–H and O–H groups in total. The summed E-state index contributed by atoms with van der Waals surface area (Å²) in [5, 5.41) is 2.45. The molecule has 0 radical (unpaired) electrons. The Balaban J connectivity index is 2.97. The molecule has 0 aromatic heterocycles. The van der Waals surface area contributed by atoms with E-state index in [-0.39, 0.29) is 13.1 Å². The second kappa shape index (κ2) is 7.12. The molecule has 0 aliphatic rings. The largest absolute Gasteiger partial charge is 0.480 e. The number of rotatable bonds is 6.